The highest BCUT2D eigenvalue weighted by atomic mass is 16.7. The van der Waals surface area contributed by atoms with E-state index >= 15 is 0 Å². The molecule has 1 aromatic heterocycles. The second-order valence-electron chi connectivity index (χ2n) is 7.30. The van der Waals surface area contributed by atoms with Crippen molar-refractivity contribution in [2.24, 2.45) is 11.7 Å². The molecule has 1 unspecified atom stereocenters. The number of amides is 2. The summed E-state index contributed by atoms with van der Waals surface area (Å²) in [4.78, 5) is 38.1. The monoisotopic (exact) mass is 482 g/mol. The highest BCUT2D eigenvalue weighted by Gasteiger charge is 2.21. The summed E-state index contributed by atoms with van der Waals surface area (Å²) in [6, 6.07) is 5.17. The molecule has 1 heterocycles. The number of nitrogens with two attached hydrogens (primary N) is 1. The van der Waals surface area contributed by atoms with E-state index in [0.29, 0.717) is 32.9 Å². The Hall–Kier alpha value is -2.82. The first kappa shape index (κ1) is 33.4. The maximum atomic E-state index is 11.8. The van der Waals surface area contributed by atoms with E-state index in [1.54, 1.807) is 31.3 Å². The van der Waals surface area contributed by atoms with Gasteiger partial charge in [0.25, 0.3) is 5.91 Å². The minimum Gasteiger partial charge on any atom is -0.454 e. The van der Waals surface area contributed by atoms with Crippen LogP contribution < -0.4 is 11.1 Å². The fourth-order valence-corrected chi connectivity index (χ4v) is 2.20. The van der Waals surface area contributed by atoms with Crippen LogP contribution in [0.5, 0.6) is 0 Å². The van der Waals surface area contributed by atoms with Gasteiger partial charge >= 0.3 is 5.97 Å². The van der Waals surface area contributed by atoms with Gasteiger partial charge in [-0.15, -0.1) is 6.58 Å². The van der Waals surface area contributed by atoms with Gasteiger partial charge in [0.05, 0.1) is 6.61 Å². The lowest BCUT2D eigenvalue weighted by molar-refractivity contribution is -0.153. The maximum Gasteiger partial charge on any atom is 0.323 e. The average Bonchev–Trinajstić information content (AvgIpc) is 2.85. The molecule has 0 radical (unpaired) electrons. The Labute approximate surface area is 203 Å². The molecule has 1 rings (SSSR count). The number of hydrogen-bond donors (Lipinski definition) is 2. The summed E-state index contributed by atoms with van der Waals surface area (Å²) in [7, 11) is 3.17. The Kier molecular flexibility index (Phi) is 22.9. The van der Waals surface area contributed by atoms with E-state index in [-0.39, 0.29) is 18.4 Å². The number of nitrogens with zero attached hydrogens (tertiary/aromatic N) is 2. The van der Waals surface area contributed by atoms with Crippen molar-refractivity contribution >= 4 is 18.3 Å². The predicted molar refractivity (Wildman–Crippen MR) is 132 cm³/mol. The quantitative estimate of drug-likeness (QED) is 0.134. The highest BCUT2D eigenvalue weighted by molar-refractivity contribution is 5.82. The molecule has 0 aliphatic carbocycles. The van der Waals surface area contributed by atoms with Gasteiger partial charge in [-0.2, -0.15) is 0 Å². The first-order valence-corrected chi connectivity index (χ1v) is 11.2. The Morgan fingerprint density at radius 1 is 1.32 bits per heavy atom. The first-order valence-electron chi connectivity index (χ1n) is 11.2. The molecule has 0 bridgehead atoms. The summed E-state index contributed by atoms with van der Waals surface area (Å²) in [6.07, 6.45) is 5.74. The molecule has 0 aromatic carbocycles. The molecule has 0 fully saturated rings. The third kappa shape index (κ3) is 18.7. The fourth-order valence-electron chi connectivity index (χ4n) is 2.20. The van der Waals surface area contributed by atoms with Gasteiger partial charge in [-0.25, -0.2) is 0 Å². The number of ether oxygens (including phenoxy) is 3. The Morgan fingerprint density at radius 3 is 2.47 bits per heavy atom. The average molecular weight is 483 g/mol. The van der Waals surface area contributed by atoms with Crippen molar-refractivity contribution < 1.29 is 28.6 Å². The van der Waals surface area contributed by atoms with Crippen LogP contribution in [-0.4, -0.2) is 81.5 Å². The summed E-state index contributed by atoms with van der Waals surface area (Å²) in [6.45, 7) is 11.1. The second-order valence-corrected chi connectivity index (χ2v) is 7.30. The first-order chi connectivity index (χ1) is 16.3. The smallest absolute Gasteiger partial charge is 0.323 e. The van der Waals surface area contributed by atoms with Gasteiger partial charge in [0.1, 0.15) is 12.8 Å². The van der Waals surface area contributed by atoms with Crippen molar-refractivity contribution in [1.82, 2.24) is 15.2 Å². The molecule has 1 aromatic rings. The minimum absolute atomic E-state index is 0.00692. The van der Waals surface area contributed by atoms with Gasteiger partial charge < -0.3 is 30.2 Å². The molecule has 0 saturated carbocycles. The van der Waals surface area contributed by atoms with Crippen molar-refractivity contribution in [3.63, 3.8) is 0 Å². The van der Waals surface area contributed by atoms with Crippen molar-refractivity contribution in [2.45, 2.75) is 39.7 Å². The number of rotatable bonds is 14. The van der Waals surface area contributed by atoms with E-state index in [2.05, 4.69) is 16.9 Å². The number of esters is 1. The lowest BCUT2D eigenvalue weighted by Gasteiger charge is -2.21. The summed E-state index contributed by atoms with van der Waals surface area (Å²) >= 11 is 0. The van der Waals surface area contributed by atoms with Crippen LogP contribution in [0.4, 0.5) is 0 Å². The largest absolute Gasteiger partial charge is 0.454 e. The SMILES string of the molecule is C=CCN(CCC)C(=O)COC(=O)C(N)C(C)C.CNC=O.COCOCCc1ccccn1. The number of aromatic nitrogens is 1. The van der Waals surface area contributed by atoms with E-state index in [1.807, 2.05) is 39.0 Å². The molecule has 0 spiro atoms. The molecular weight excluding hydrogens is 440 g/mol. The Bertz CT molecular complexity index is 658. The van der Waals surface area contributed by atoms with Crippen LogP contribution in [0.2, 0.25) is 0 Å². The van der Waals surface area contributed by atoms with Gasteiger partial charge in [-0.3, -0.25) is 19.4 Å². The molecule has 0 aliphatic heterocycles. The maximum absolute atomic E-state index is 11.8. The number of nitrogens with one attached hydrogen (secondary N) is 1. The molecule has 10 nitrogen and oxygen atoms in total. The summed E-state index contributed by atoms with van der Waals surface area (Å²) < 4.78 is 14.8. The zero-order valence-electron chi connectivity index (χ0n) is 21.2. The predicted octanol–water partition coefficient (Wildman–Crippen LogP) is 1.54. The minimum atomic E-state index is -0.683. The van der Waals surface area contributed by atoms with Crippen LogP contribution in [0.3, 0.4) is 0 Å². The standard InChI is InChI=1S/C13H24N2O3.C9H13NO2.C2H5NO/c1-5-7-15(8-6-2)11(16)9-18-13(17)12(14)10(3)4;1-11-8-12-7-5-9-4-2-3-6-10-9;1-3-2-4/h5,10,12H,1,6-9,14H2,2-4H3;2-4,6H,5,7-8H2,1H3;2H,1H3,(H,3,4). The summed E-state index contributed by atoms with van der Waals surface area (Å²) in [5.74, 6) is -0.762. The fraction of sp³-hybridized carbons (Fsp3) is 0.583. The van der Waals surface area contributed by atoms with E-state index in [0.717, 1.165) is 18.5 Å². The third-order valence-electron chi connectivity index (χ3n) is 4.07. The van der Waals surface area contributed by atoms with Gasteiger partial charge in [0, 0.05) is 45.6 Å². The van der Waals surface area contributed by atoms with Crippen LogP contribution in [-0.2, 0) is 35.0 Å². The van der Waals surface area contributed by atoms with Crippen molar-refractivity contribution in [3.8, 4) is 0 Å². The van der Waals surface area contributed by atoms with E-state index in [4.69, 9.17) is 24.7 Å². The molecule has 10 heteroatoms. The van der Waals surface area contributed by atoms with Crippen LogP contribution in [0.15, 0.2) is 37.1 Å². The summed E-state index contributed by atoms with van der Waals surface area (Å²) in [5, 5.41) is 2.25. The highest BCUT2D eigenvalue weighted by Crippen LogP contribution is 2.01. The zero-order valence-corrected chi connectivity index (χ0v) is 21.2. The molecule has 0 aliphatic rings. The van der Waals surface area contributed by atoms with Gasteiger partial charge in [0.2, 0.25) is 6.41 Å². The van der Waals surface area contributed by atoms with Crippen molar-refractivity contribution in [3.05, 3.63) is 42.7 Å². The topological polar surface area (TPSA) is 133 Å². The zero-order chi connectivity index (χ0) is 26.2. The number of methoxy groups -OCH3 is 1. The van der Waals surface area contributed by atoms with E-state index < -0.39 is 12.0 Å². The molecular formula is C24H42N4O6. The lowest BCUT2D eigenvalue weighted by Crippen LogP contribution is -2.40. The third-order valence-corrected chi connectivity index (χ3v) is 4.07. The van der Waals surface area contributed by atoms with E-state index in [1.165, 1.54) is 0 Å². The molecule has 194 valence electrons. The van der Waals surface area contributed by atoms with Crippen molar-refractivity contribution in [1.29, 1.82) is 0 Å². The second kappa shape index (κ2) is 23.3. The molecule has 2 amide bonds. The normalized spacial score (nSPS) is 10.6. The van der Waals surface area contributed by atoms with Gasteiger partial charge in [0.15, 0.2) is 6.61 Å². The van der Waals surface area contributed by atoms with Crippen LogP contribution in [0.1, 0.15) is 32.9 Å². The molecule has 3 N–H and O–H groups in total. The van der Waals surface area contributed by atoms with Crippen LogP contribution >= 0.6 is 0 Å². The number of hydrogen-bond acceptors (Lipinski definition) is 8. The Balaban J connectivity index is 0. The molecule has 34 heavy (non-hydrogen) atoms. The lowest BCUT2D eigenvalue weighted by atomic mass is 10.1. The molecule has 0 saturated heterocycles. The number of carbonyl (C=O) groups is 3. The van der Waals surface area contributed by atoms with Gasteiger partial charge in [-0.05, 0) is 24.5 Å². The summed E-state index contributed by atoms with van der Waals surface area (Å²) in [5.41, 5.74) is 6.67. The Morgan fingerprint density at radius 2 is 2.00 bits per heavy atom. The number of pyridine rings is 1. The van der Waals surface area contributed by atoms with Crippen LogP contribution in [0, 0.1) is 5.92 Å². The van der Waals surface area contributed by atoms with E-state index in [9.17, 15) is 9.59 Å². The molecule has 1 atom stereocenters. The van der Waals surface area contributed by atoms with Crippen molar-refractivity contribution in [2.75, 3.05) is 47.3 Å². The van der Waals surface area contributed by atoms with Gasteiger partial charge in [-0.1, -0.05) is 32.9 Å². The number of carbonyl (C=O) groups excluding carboxylic acids is 3. The van der Waals surface area contributed by atoms with Crippen LogP contribution in [0.25, 0.3) is 0 Å².